The van der Waals surface area contributed by atoms with E-state index in [1.165, 1.54) is 22.5 Å². The molecule has 29 heavy (non-hydrogen) atoms. The van der Waals surface area contributed by atoms with E-state index in [4.69, 9.17) is 39.5 Å². The number of benzene rings is 2. The Hall–Kier alpha value is -1.51. The van der Waals surface area contributed by atoms with Crippen LogP contribution in [0, 0.1) is 0 Å². The summed E-state index contributed by atoms with van der Waals surface area (Å²) in [6.45, 7) is 0.694. The van der Waals surface area contributed by atoms with Gasteiger partial charge in [-0.3, -0.25) is 4.79 Å². The fraction of sp³-hybridized carbons (Fsp3) is 0.316. The monoisotopic (exact) mass is 476 g/mol. The van der Waals surface area contributed by atoms with Crippen molar-refractivity contribution in [2.45, 2.75) is 24.2 Å². The smallest absolute Gasteiger partial charge is 0.262 e. The van der Waals surface area contributed by atoms with Gasteiger partial charge in [-0.15, -0.1) is 0 Å². The molecule has 2 aromatic rings. The molecule has 3 rings (SSSR count). The molecule has 1 amide bonds. The predicted octanol–water partition coefficient (Wildman–Crippen LogP) is 4.84. The lowest BCUT2D eigenvalue weighted by Crippen LogP contribution is -2.35. The zero-order chi connectivity index (χ0) is 21.0. The third-order valence-corrected chi connectivity index (χ3v) is 6.99. The first-order valence-corrected chi connectivity index (χ1v) is 11.5. The standard InChI is InChI=1S/C19H19Cl3N2O4S/c20-13-8-14(21)10-15(9-13)23-19(25)12-28-18-5-4-16(11-17(18)22)29(26,27)24-6-2-1-3-7-24/h4-5,8-11H,1-3,6-7,12H2,(H,23,25). The van der Waals surface area contributed by atoms with Crippen LogP contribution in [-0.4, -0.2) is 38.3 Å². The molecule has 0 unspecified atom stereocenters. The number of amides is 1. The number of carbonyl (C=O) groups is 1. The number of rotatable bonds is 6. The molecule has 0 aliphatic carbocycles. The normalized spacial score (nSPS) is 15.1. The average molecular weight is 478 g/mol. The van der Waals surface area contributed by atoms with Gasteiger partial charge in [0.25, 0.3) is 5.91 Å². The van der Waals surface area contributed by atoms with Crippen molar-refractivity contribution in [3.05, 3.63) is 51.5 Å². The molecule has 0 spiro atoms. The second kappa shape index (κ2) is 9.53. The Labute approximate surface area is 184 Å². The van der Waals surface area contributed by atoms with Crippen LogP contribution in [0.15, 0.2) is 41.3 Å². The number of sulfonamides is 1. The minimum Gasteiger partial charge on any atom is -0.482 e. The highest BCUT2D eigenvalue weighted by Crippen LogP contribution is 2.30. The van der Waals surface area contributed by atoms with E-state index in [1.54, 1.807) is 18.2 Å². The van der Waals surface area contributed by atoms with E-state index in [1.807, 2.05) is 0 Å². The van der Waals surface area contributed by atoms with Crippen LogP contribution in [0.4, 0.5) is 5.69 Å². The van der Waals surface area contributed by atoms with Crippen molar-refractivity contribution in [1.82, 2.24) is 4.31 Å². The summed E-state index contributed by atoms with van der Waals surface area (Å²) in [5.41, 5.74) is 0.435. The van der Waals surface area contributed by atoms with E-state index in [9.17, 15) is 13.2 Å². The minimum absolute atomic E-state index is 0.106. The van der Waals surface area contributed by atoms with E-state index in [2.05, 4.69) is 5.32 Å². The molecule has 2 aromatic carbocycles. The molecule has 0 radical (unpaired) electrons. The summed E-state index contributed by atoms with van der Waals surface area (Å²) in [7, 11) is -3.59. The summed E-state index contributed by atoms with van der Waals surface area (Å²) < 4.78 is 32.3. The molecule has 10 heteroatoms. The highest BCUT2D eigenvalue weighted by atomic mass is 35.5. The van der Waals surface area contributed by atoms with Gasteiger partial charge in [-0.25, -0.2) is 8.42 Å². The Kier molecular flexibility index (Phi) is 7.29. The maximum atomic E-state index is 12.7. The van der Waals surface area contributed by atoms with E-state index in [-0.39, 0.29) is 22.3 Å². The number of nitrogens with zero attached hydrogens (tertiary/aromatic N) is 1. The highest BCUT2D eigenvalue weighted by molar-refractivity contribution is 7.89. The quantitative estimate of drug-likeness (QED) is 0.646. The van der Waals surface area contributed by atoms with Crippen molar-refractivity contribution >= 4 is 56.4 Å². The molecular formula is C19H19Cl3N2O4S. The van der Waals surface area contributed by atoms with Gasteiger partial charge in [0, 0.05) is 28.8 Å². The maximum Gasteiger partial charge on any atom is 0.262 e. The maximum absolute atomic E-state index is 12.7. The van der Waals surface area contributed by atoms with Crippen LogP contribution in [0.2, 0.25) is 15.1 Å². The molecule has 1 aliphatic heterocycles. The lowest BCUT2D eigenvalue weighted by Gasteiger charge is -2.26. The highest BCUT2D eigenvalue weighted by Gasteiger charge is 2.26. The Morgan fingerprint density at radius 1 is 1.00 bits per heavy atom. The van der Waals surface area contributed by atoms with E-state index in [0.717, 1.165) is 19.3 Å². The summed E-state index contributed by atoms with van der Waals surface area (Å²) in [4.78, 5) is 12.2. The molecule has 6 nitrogen and oxygen atoms in total. The Balaban J connectivity index is 1.64. The molecule has 0 atom stereocenters. The summed E-state index contributed by atoms with van der Waals surface area (Å²) in [5, 5.41) is 3.51. The summed E-state index contributed by atoms with van der Waals surface area (Å²) >= 11 is 18.0. The number of ether oxygens (including phenoxy) is 1. The topological polar surface area (TPSA) is 75.7 Å². The number of hydrogen-bond acceptors (Lipinski definition) is 4. The fourth-order valence-electron chi connectivity index (χ4n) is 2.98. The SMILES string of the molecule is O=C(COc1ccc(S(=O)(=O)N2CCCCC2)cc1Cl)Nc1cc(Cl)cc(Cl)c1. The van der Waals surface area contributed by atoms with Gasteiger partial charge >= 0.3 is 0 Å². The molecule has 0 saturated carbocycles. The molecule has 1 heterocycles. The van der Waals surface area contributed by atoms with Gasteiger partial charge in [0.2, 0.25) is 10.0 Å². The minimum atomic E-state index is -3.59. The van der Waals surface area contributed by atoms with E-state index in [0.29, 0.717) is 28.8 Å². The zero-order valence-corrected chi connectivity index (χ0v) is 18.4. The Morgan fingerprint density at radius 2 is 1.66 bits per heavy atom. The predicted molar refractivity (Wildman–Crippen MR) is 115 cm³/mol. The number of hydrogen-bond donors (Lipinski definition) is 1. The van der Waals surface area contributed by atoms with Crippen LogP contribution in [0.1, 0.15) is 19.3 Å². The van der Waals surface area contributed by atoms with Crippen molar-refractivity contribution < 1.29 is 17.9 Å². The molecule has 0 aromatic heterocycles. The van der Waals surface area contributed by atoms with Crippen molar-refractivity contribution in [1.29, 1.82) is 0 Å². The summed E-state index contributed by atoms with van der Waals surface area (Å²) in [6.07, 6.45) is 2.73. The first-order valence-electron chi connectivity index (χ1n) is 8.94. The lowest BCUT2D eigenvalue weighted by molar-refractivity contribution is -0.118. The molecule has 1 saturated heterocycles. The molecule has 1 fully saturated rings. The van der Waals surface area contributed by atoms with E-state index >= 15 is 0 Å². The first kappa shape index (κ1) is 22.2. The van der Waals surface area contributed by atoms with Gasteiger partial charge in [0.15, 0.2) is 6.61 Å². The first-order chi connectivity index (χ1) is 13.8. The average Bonchev–Trinajstić information content (AvgIpc) is 2.67. The number of halogens is 3. The third-order valence-electron chi connectivity index (χ3n) is 4.36. The third kappa shape index (κ3) is 5.77. The largest absolute Gasteiger partial charge is 0.482 e. The molecule has 0 bridgehead atoms. The van der Waals surface area contributed by atoms with Gasteiger partial charge in [0.1, 0.15) is 5.75 Å². The Morgan fingerprint density at radius 3 is 2.28 bits per heavy atom. The van der Waals surface area contributed by atoms with Crippen molar-refractivity contribution in [3.63, 3.8) is 0 Å². The molecule has 156 valence electrons. The van der Waals surface area contributed by atoms with Gasteiger partial charge < -0.3 is 10.1 Å². The second-order valence-electron chi connectivity index (χ2n) is 6.55. The second-order valence-corrected chi connectivity index (χ2v) is 9.77. The fourth-order valence-corrected chi connectivity index (χ4v) is 5.35. The van der Waals surface area contributed by atoms with E-state index < -0.39 is 15.9 Å². The van der Waals surface area contributed by atoms with Crippen LogP contribution in [0.25, 0.3) is 0 Å². The molecule has 1 N–H and O–H groups in total. The molecule has 1 aliphatic rings. The molecular weight excluding hydrogens is 459 g/mol. The van der Waals surface area contributed by atoms with Crippen LogP contribution in [0.5, 0.6) is 5.75 Å². The lowest BCUT2D eigenvalue weighted by atomic mass is 10.2. The Bertz CT molecular complexity index is 988. The van der Waals surface area contributed by atoms with Crippen LogP contribution in [0.3, 0.4) is 0 Å². The van der Waals surface area contributed by atoms with Gasteiger partial charge in [0.05, 0.1) is 9.92 Å². The van der Waals surface area contributed by atoms with Crippen molar-refractivity contribution in [2.75, 3.05) is 25.0 Å². The van der Waals surface area contributed by atoms with Crippen LogP contribution < -0.4 is 10.1 Å². The van der Waals surface area contributed by atoms with Gasteiger partial charge in [-0.05, 0) is 49.2 Å². The van der Waals surface area contributed by atoms with Crippen molar-refractivity contribution in [2.24, 2.45) is 0 Å². The van der Waals surface area contributed by atoms with Crippen LogP contribution in [-0.2, 0) is 14.8 Å². The summed E-state index contributed by atoms with van der Waals surface area (Å²) in [6, 6.07) is 8.88. The summed E-state index contributed by atoms with van der Waals surface area (Å²) in [5.74, 6) is -0.229. The number of piperidine rings is 1. The number of anilines is 1. The van der Waals surface area contributed by atoms with Gasteiger partial charge in [-0.1, -0.05) is 41.2 Å². The zero-order valence-electron chi connectivity index (χ0n) is 15.3. The number of nitrogens with one attached hydrogen (secondary N) is 1. The van der Waals surface area contributed by atoms with Crippen LogP contribution >= 0.6 is 34.8 Å². The van der Waals surface area contributed by atoms with Gasteiger partial charge in [-0.2, -0.15) is 4.31 Å². The number of carbonyl (C=O) groups excluding carboxylic acids is 1. The van der Waals surface area contributed by atoms with Crippen molar-refractivity contribution in [3.8, 4) is 5.75 Å².